The first-order valence-electron chi connectivity index (χ1n) is 8.34. The number of methoxy groups -OCH3 is 3. The Kier molecular flexibility index (Phi) is 6.06. The third-order valence-electron chi connectivity index (χ3n) is 4.18. The van der Waals surface area contributed by atoms with Crippen LogP contribution in [0.1, 0.15) is 20.8 Å². The SMILES string of the molecule is COC(=O)c1c(-c2cc(I)c(O)c(OC)c2)nn(-c2ccccc2)c1C(=O)OC. The minimum Gasteiger partial charge on any atom is -0.504 e. The highest BCUT2D eigenvalue weighted by molar-refractivity contribution is 14.1. The van der Waals surface area contributed by atoms with Gasteiger partial charge in [0.05, 0.1) is 30.6 Å². The molecule has 3 rings (SSSR count). The minimum absolute atomic E-state index is 0.0350. The summed E-state index contributed by atoms with van der Waals surface area (Å²) in [5.41, 5.74) is 1.10. The lowest BCUT2D eigenvalue weighted by molar-refractivity contribution is 0.0549. The molecule has 0 saturated carbocycles. The number of benzene rings is 2. The van der Waals surface area contributed by atoms with E-state index >= 15 is 0 Å². The fraction of sp³-hybridized carbons (Fsp3) is 0.150. The first-order chi connectivity index (χ1) is 13.9. The summed E-state index contributed by atoms with van der Waals surface area (Å²) in [6, 6.07) is 12.0. The monoisotopic (exact) mass is 508 g/mol. The van der Waals surface area contributed by atoms with Gasteiger partial charge in [-0.1, -0.05) is 18.2 Å². The number of halogens is 1. The van der Waals surface area contributed by atoms with Gasteiger partial charge < -0.3 is 19.3 Å². The van der Waals surface area contributed by atoms with E-state index in [1.807, 2.05) is 28.7 Å². The van der Waals surface area contributed by atoms with E-state index in [0.717, 1.165) is 0 Å². The summed E-state index contributed by atoms with van der Waals surface area (Å²) in [6.07, 6.45) is 0. The van der Waals surface area contributed by atoms with Crippen molar-refractivity contribution in [3.05, 3.63) is 57.3 Å². The van der Waals surface area contributed by atoms with E-state index in [0.29, 0.717) is 14.8 Å². The van der Waals surface area contributed by atoms with Gasteiger partial charge in [0.15, 0.2) is 17.2 Å². The van der Waals surface area contributed by atoms with E-state index in [1.165, 1.54) is 32.1 Å². The summed E-state index contributed by atoms with van der Waals surface area (Å²) >= 11 is 1.94. The number of carbonyl (C=O) groups excluding carboxylic acids is 2. The molecule has 1 N–H and O–H groups in total. The molecule has 0 amide bonds. The molecule has 3 aromatic rings. The Balaban J connectivity index is 2.38. The quantitative estimate of drug-likeness (QED) is 0.417. The van der Waals surface area contributed by atoms with Gasteiger partial charge in [-0.3, -0.25) is 0 Å². The van der Waals surface area contributed by atoms with Crippen molar-refractivity contribution in [2.75, 3.05) is 21.3 Å². The van der Waals surface area contributed by atoms with Crippen LogP contribution in [0.4, 0.5) is 0 Å². The number of ether oxygens (including phenoxy) is 3. The number of para-hydroxylation sites is 1. The van der Waals surface area contributed by atoms with Gasteiger partial charge in [0.2, 0.25) is 0 Å². The maximum absolute atomic E-state index is 12.6. The van der Waals surface area contributed by atoms with Gasteiger partial charge in [-0.25, -0.2) is 14.3 Å². The molecule has 0 aliphatic heterocycles. The number of aromatic hydroxyl groups is 1. The highest BCUT2D eigenvalue weighted by Crippen LogP contribution is 2.38. The number of rotatable bonds is 5. The number of phenolic OH excluding ortho intramolecular Hbond substituents is 1. The van der Waals surface area contributed by atoms with Crippen LogP contribution in [0.5, 0.6) is 11.5 Å². The maximum Gasteiger partial charge on any atom is 0.357 e. The molecule has 2 aromatic carbocycles. The molecule has 0 fully saturated rings. The van der Waals surface area contributed by atoms with Gasteiger partial charge in [0.25, 0.3) is 0 Å². The van der Waals surface area contributed by atoms with Crippen molar-refractivity contribution in [3.63, 3.8) is 0 Å². The Bertz CT molecular complexity index is 1080. The third-order valence-corrected chi connectivity index (χ3v) is 5.00. The normalized spacial score (nSPS) is 10.5. The van der Waals surface area contributed by atoms with Gasteiger partial charge in [-0.15, -0.1) is 0 Å². The minimum atomic E-state index is -0.746. The van der Waals surface area contributed by atoms with Crippen molar-refractivity contribution >= 4 is 34.5 Å². The Morgan fingerprint density at radius 1 is 1.03 bits per heavy atom. The van der Waals surface area contributed by atoms with Crippen molar-refractivity contribution < 1.29 is 28.9 Å². The fourth-order valence-electron chi connectivity index (χ4n) is 2.82. The van der Waals surface area contributed by atoms with Crippen LogP contribution in [0.2, 0.25) is 0 Å². The molecular formula is C20H17IN2O6. The van der Waals surface area contributed by atoms with E-state index in [2.05, 4.69) is 5.10 Å². The van der Waals surface area contributed by atoms with Crippen molar-refractivity contribution in [2.24, 2.45) is 0 Å². The summed E-state index contributed by atoms with van der Waals surface area (Å²) in [5, 5.41) is 14.6. The fourth-order valence-corrected chi connectivity index (χ4v) is 3.42. The van der Waals surface area contributed by atoms with Crippen LogP contribution in [-0.2, 0) is 9.47 Å². The largest absolute Gasteiger partial charge is 0.504 e. The van der Waals surface area contributed by atoms with Gasteiger partial charge in [0, 0.05) is 5.56 Å². The summed E-state index contributed by atoms with van der Waals surface area (Å²) in [5.74, 6) is -1.32. The lowest BCUT2D eigenvalue weighted by atomic mass is 10.0. The Morgan fingerprint density at radius 3 is 2.28 bits per heavy atom. The second-order valence-electron chi connectivity index (χ2n) is 5.81. The molecule has 1 aromatic heterocycles. The second-order valence-corrected chi connectivity index (χ2v) is 6.97. The standard InChI is InChI=1S/C20H17IN2O6/c1-27-14-10-11(9-13(21)18(14)24)16-15(19(25)28-2)17(20(26)29-3)23(22-16)12-7-5-4-6-8-12/h4-10,24H,1-3H3. The molecule has 0 bridgehead atoms. The third kappa shape index (κ3) is 3.77. The summed E-state index contributed by atoms with van der Waals surface area (Å²) < 4.78 is 16.8. The van der Waals surface area contributed by atoms with Gasteiger partial charge in [-0.05, 0) is 46.9 Å². The van der Waals surface area contributed by atoms with Crippen LogP contribution in [0.3, 0.4) is 0 Å². The number of hydrogen-bond donors (Lipinski definition) is 1. The summed E-state index contributed by atoms with van der Waals surface area (Å²) in [6.45, 7) is 0. The molecule has 0 aliphatic carbocycles. The number of aromatic nitrogens is 2. The molecule has 8 nitrogen and oxygen atoms in total. The molecule has 150 valence electrons. The molecule has 9 heteroatoms. The van der Waals surface area contributed by atoms with Crippen LogP contribution in [0.15, 0.2) is 42.5 Å². The van der Waals surface area contributed by atoms with E-state index in [-0.39, 0.29) is 28.5 Å². The van der Waals surface area contributed by atoms with Gasteiger partial charge >= 0.3 is 11.9 Å². The number of nitrogens with zero attached hydrogens (tertiary/aromatic N) is 2. The zero-order valence-electron chi connectivity index (χ0n) is 15.8. The molecule has 0 saturated heterocycles. The van der Waals surface area contributed by atoms with E-state index < -0.39 is 11.9 Å². The molecule has 1 heterocycles. The molecule has 0 unspecified atom stereocenters. The number of esters is 2. The zero-order chi connectivity index (χ0) is 21.1. The Hall–Kier alpha value is -3.08. The summed E-state index contributed by atoms with van der Waals surface area (Å²) in [4.78, 5) is 25.2. The predicted octanol–water partition coefficient (Wildman–Crippen LogP) is 3.43. The summed E-state index contributed by atoms with van der Waals surface area (Å²) in [7, 11) is 3.85. The molecule has 0 atom stereocenters. The lowest BCUT2D eigenvalue weighted by Gasteiger charge is -2.09. The Labute approximate surface area is 180 Å². The second kappa shape index (κ2) is 8.52. The van der Waals surface area contributed by atoms with Crippen LogP contribution in [0, 0.1) is 3.57 Å². The molecule has 29 heavy (non-hydrogen) atoms. The average molecular weight is 508 g/mol. The number of hydrogen-bond acceptors (Lipinski definition) is 7. The first kappa shape index (κ1) is 20.6. The van der Waals surface area contributed by atoms with Crippen LogP contribution in [-0.4, -0.2) is 48.2 Å². The highest BCUT2D eigenvalue weighted by atomic mass is 127. The smallest absolute Gasteiger partial charge is 0.357 e. The van der Waals surface area contributed by atoms with Crippen molar-refractivity contribution in [2.45, 2.75) is 0 Å². The number of phenols is 1. The molecular weight excluding hydrogens is 491 g/mol. The van der Waals surface area contributed by atoms with Crippen LogP contribution >= 0.6 is 22.6 Å². The van der Waals surface area contributed by atoms with Crippen LogP contribution in [0.25, 0.3) is 16.9 Å². The van der Waals surface area contributed by atoms with Crippen molar-refractivity contribution in [3.8, 4) is 28.4 Å². The number of carbonyl (C=O) groups is 2. The maximum atomic E-state index is 12.6. The van der Waals surface area contributed by atoms with E-state index in [4.69, 9.17) is 14.2 Å². The van der Waals surface area contributed by atoms with Crippen molar-refractivity contribution in [1.29, 1.82) is 0 Å². The zero-order valence-corrected chi connectivity index (χ0v) is 18.0. The lowest BCUT2D eigenvalue weighted by Crippen LogP contribution is -2.15. The van der Waals surface area contributed by atoms with Gasteiger partial charge in [0.1, 0.15) is 11.3 Å². The van der Waals surface area contributed by atoms with Crippen molar-refractivity contribution in [1.82, 2.24) is 9.78 Å². The predicted molar refractivity (Wildman–Crippen MR) is 113 cm³/mol. The van der Waals surface area contributed by atoms with E-state index in [1.54, 1.807) is 30.3 Å². The Morgan fingerprint density at radius 2 is 1.69 bits per heavy atom. The average Bonchev–Trinajstić information content (AvgIpc) is 3.15. The molecule has 0 spiro atoms. The molecule has 0 aliphatic rings. The van der Waals surface area contributed by atoms with Crippen LogP contribution < -0.4 is 4.74 Å². The molecule has 0 radical (unpaired) electrons. The first-order valence-corrected chi connectivity index (χ1v) is 9.42. The van der Waals surface area contributed by atoms with E-state index in [9.17, 15) is 14.7 Å². The highest BCUT2D eigenvalue weighted by Gasteiger charge is 2.31. The topological polar surface area (TPSA) is 99.9 Å². The van der Waals surface area contributed by atoms with Gasteiger partial charge in [-0.2, -0.15) is 5.10 Å².